The molecule has 0 amide bonds. The summed E-state index contributed by atoms with van der Waals surface area (Å²) in [7, 11) is 0. The minimum Gasteiger partial charge on any atom is -0.258 e. The van der Waals surface area contributed by atoms with Crippen LogP contribution >= 0.6 is 27.3 Å². The highest BCUT2D eigenvalue weighted by Gasteiger charge is 2.33. The van der Waals surface area contributed by atoms with Crippen LogP contribution in [0.2, 0.25) is 0 Å². The molecular formula is C26H21BrN4O2S. The van der Waals surface area contributed by atoms with Crippen molar-refractivity contribution in [1.29, 1.82) is 0 Å². The average Bonchev–Trinajstić information content (AvgIpc) is 3.49. The third-order valence-corrected chi connectivity index (χ3v) is 7.27. The number of rotatable bonds is 5. The molecule has 6 nitrogen and oxygen atoms in total. The highest BCUT2D eigenvalue weighted by atomic mass is 79.9. The Morgan fingerprint density at radius 3 is 2.65 bits per heavy atom. The first-order valence-corrected chi connectivity index (χ1v) is 12.5. The van der Waals surface area contributed by atoms with E-state index in [2.05, 4.69) is 48.0 Å². The van der Waals surface area contributed by atoms with Crippen LogP contribution in [0.25, 0.3) is 11.3 Å². The van der Waals surface area contributed by atoms with E-state index < -0.39 is 0 Å². The molecule has 2 heterocycles. The van der Waals surface area contributed by atoms with E-state index in [4.69, 9.17) is 10.1 Å². The van der Waals surface area contributed by atoms with Crippen molar-refractivity contribution < 1.29 is 4.92 Å². The zero-order chi connectivity index (χ0) is 23.8. The van der Waals surface area contributed by atoms with Gasteiger partial charge in [0, 0.05) is 39.5 Å². The standard InChI is InChI=1S/C26H21BrN4O2S/c1-16-6-7-17(2)22(12-16)23-14-25(19-4-3-5-21(13-19)31(32)33)30(29-23)26-28-24(15-34-26)18-8-10-20(27)11-9-18/h3-13,15,25H,14H2,1-2H3/t25-/m0/s1. The first-order valence-electron chi connectivity index (χ1n) is 10.8. The number of hydrogen-bond acceptors (Lipinski definition) is 6. The molecular weight excluding hydrogens is 512 g/mol. The Kier molecular flexibility index (Phi) is 6.02. The largest absolute Gasteiger partial charge is 0.269 e. The van der Waals surface area contributed by atoms with Crippen LogP contribution in [0.15, 0.2) is 81.7 Å². The van der Waals surface area contributed by atoms with E-state index >= 15 is 0 Å². The van der Waals surface area contributed by atoms with Crippen molar-refractivity contribution in [2.45, 2.75) is 26.3 Å². The summed E-state index contributed by atoms with van der Waals surface area (Å²) in [6, 6.07) is 21.0. The molecule has 1 aliphatic heterocycles. The van der Waals surface area contributed by atoms with Crippen LogP contribution in [0.1, 0.15) is 34.7 Å². The highest BCUT2D eigenvalue weighted by molar-refractivity contribution is 9.10. The second kappa shape index (κ2) is 9.12. The maximum atomic E-state index is 11.4. The fourth-order valence-electron chi connectivity index (χ4n) is 4.12. The second-order valence-corrected chi connectivity index (χ2v) is 10.1. The number of non-ortho nitro benzene ring substituents is 1. The zero-order valence-corrected chi connectivity index (χ0v) is 21.0. The van der Waals surface area contributed by atoms with Crippen molar-refractivity contribution in [2.24, 2.45) is 5.10 Å². The van der Waals surface area contributed by atoms with Gasteiger partial charge in [0.25, 0.3) is 5.69 Å². The first kappa shape index (κ1) is 22.4. The maximum Gasteiger partial charge on any atom is 0.269 e. The van der Waals surface area contributed by atoms with Crippen LogP contribution in [-0.2, 0) is 0 Å². The number of nitrogens with zero attached hydrogens (tertiary/aromatic N) is 4. The van der Waals surface area contributed by atoms with Gasteiger partial charge in [0.15, 0.2) is 0 Å². The fraction of sp³-hybridized carbons (Fsp3) is 0.154. The van der Waals surface area contributed by atoms with Gasteiger partial charge in [-0.15, -0.1) is 11.3 Å². The number of nitro groups is 1. The van der Waals surface area contributed by atoms with Crippen molar-refractivity contribution in [1.82, 2.24) is 4.98 Å². The second-order valence-electron chi connectivity index (χ2n) is 8.30. The molecule has 0 bridgehead atoms. The number of aryl methyl sites for hydroxylation is 2. The number of aromatic nitrogens is 1. The average molecular weight is 533 g/mol. The number of nitro benzene ring substituents is 1. The van der Waals surface area contributed by atoms with E-state index in [1.165, 1.54) is 23.0 Å². The Morgan fingerprint density at radius 2 is 1.88 bits per heavy atom. The van der Waals surface area contributed by atoms with Crippen molar-refractivity contribution in [3.05, 3.63) is 109 Å². The van der Waals surface area contributed by atoms with Gasteiger partial charge < -0.3 is 0 Å². The van der Waals surface area contributed by atoms with E-state index in [1.807, 2.05) is 40.7 Å². The molecule has 1 aliphatic rings. The lowest BCUT2D eigenvalue weighted by atomic mass is 9.95. The van der Waals surface area contributed by atoms with Crippen LogP contribution in [-0.4, -0.2) is 15.6 Å². The molecule has 0 N–H and O–H groups in total. The molecule has 34 heavy (non-hydrogen) atoms. The van der Waals surface area contributed by atoms with Crippen LogP contribution in [0.4, 0.5) is 10.8 Å². The van der Waals surface area contributed by atoms with Crippen LogP contribution in [0.5, 0.6) is 0 Å². The van der Waals surface area contributed by atoms with E-state index in [0.717, 1.165) is 43.3 Å². The summed E-state index contributed by atoms with van der Waals surface area (Å²) in [5.41, 5.74) is 7.20. The van der Waals surface area contributed by atoms with Gasteiger partial charge in [-0.3, -0.25) is 10.1 Å². The van der Waals surface area contributed by atoms with Crippen LogP contribution in [0, 0.1) is 24.0 Å². The highest BCUT2D eigenvalue weighted by Crippen LogP contribution is 2.40. The van der Waals surface area contributed by atoms with Gasteiger partial charge in [0.05, 0.1) is 22.4 Å². The number of hydrazone groups is 1. The smallest absolute Gasteiger partial charge is 0.258 e. The molecule has 4 aromatic rings. The topological polar surface area (TPSA) is 71.6 Å². The lowest BCUT2D eigenvalue weighted by Gasteiger charge is -2.21. The summed E-state index contributed by atoms with van der Waals surface area (Å²) in [4.78, 5) is 15.9. The Labute approximate surface area is 209 Å². The molecule has 0 spiro atoms. The van der Waals surface area contributed by atoms with Gasteiger partial charge in [-0.1, -0.05) is 57.9 Å². The molecule has 0 saturated carbocycles. The van der Waals surface area contributed by atoms with Crippen LogP contribution in [0.3, 0.4) is 0 Å². The number of hydrogen-bond donors (Lipinski definition) is 0. The quantitative estimate of drug-likeness (QED) is 0.197. The lowest BCUT2D eigenvalue weighted by molar-refractivity contribution is -0.384. The molecule has 1 atom stereocenters. The number of halogens is 1. The predicted octanol–water partition coefficient (Wildman–Crippen LogP) is 7.45. The molecule has 0 fully saturated rings. The summed E-state index contributed by atoms with van der Waals surface area (Å²) < 4.78 is 1.01. The van der Waals surface area contributed by atoms with Gasteiger partial charge >= 0.3 is 0 Å². The SMILES string of the molecule is Cc1ccc(C)c(C2=NN(c3nc(-c4ccc(Br)cc4)cs3)[C@H](c3cccc([N+](=O)[O-])c3)C2)c1. The summed E-state index contributed by atoms with van der Waals surface area (Å²) in [6.45, 7) is 4.15. The van der Waals surface area contributed by atoms with Crippen LogP contribution < -0.4 is 5.01 Å². The van der Waals surface area contributed by atoms with Gasteiger partial charge in [0.2, 0.25) is 5.13 Å². The molecule has 0 radical (unpaired) electrons. The third-order valence-electron chi connectivity index (χ3n) is 5.91. The number of anilines is 1. The molecule has 1 aromatic heterocycles. The Hall–Kier alpha value is -3.36. The monoisotopic (exact) mass is 532 g/mol. The zero-order valence-electron chi connectivity index (χ0n) is 18.6. The summed E-state index contributed by atoms with van der Waals surface area (Å²) in [5.74, 6) is 0. The van der Waals surface area contributed by atoms with Crippen molar-refractivity contribution in [2.75, 3.05) is 5.01 Å². The molecule has 0 aliphatic carbocycles. The van der Waals surface area contributed by atoms with Crippen molar-refractivity contribution in [3.63, 3.8) is 0 Å². The van der Waals surface area contributed by atoms with Gasteiger partial charge in [-0.05, 0) is 43.2 Å². The molecule has 0 saturated heterocycles. The van der Waals surface area contributed by atoms with E-state index in [1.54, 1.807) is 12.1 Å². The van der Waals surface area contributed by atoms with E-state index in [0.29, 0.717) is 6.42 Å². The van der Waals surface area contributed by atoms with Gasteiger partial charge in [0.1, 0.15) is 0 Å². The lowest BCUT2D eigenvalue weighted by Crippen LogP contribution is -2.18. The molecule has 0 unspecified atom stereocenters. The van der Waals surface area contributed by atoms with E-state index in [9.17, 15) is 10.1 Å². The third kappa shape index (κ3) is 4.38. The maximum absolute atomic E-state index is 11.4. The predicted molar refractivity (Wildman–Crippen MR) is 141 cm³/mol. The minimum absolute atomic E-state index is 0.0762. The Balaban J connectivity index is 1.57. The summed E-state index contributed by atoms with van der Waals surface area (Å²) >= 11 is 5.00. The Morgan fingerprint density at radius 1 is 1.09 bits per heavy atom. The molecule has 8 heteroatoms. The first-order chi connectivity index (χ1) is 16.4. The molecule has 5 rings (SSSR count). The van der Waals surface area contributed by atoms with Crippen molar-refractivity contribution >= 4 is 43.8 Å². The Bertz CT molecular complexity index is 1410. The van der Waals surface area contributed by atoms with Crippen molar-refractivity contribution in [3.8, 4) is 11.3 Å². The van der Waals surface area contributed by atoms with E-state index in [-0.39, 0.29) is 16.7 Å². The summed E-state index contributed by atoms with van der Waals surface area (Å²) in [5, 5.41) is 21.1. The van der Waals surface area contributed by atoms with Gasteiger partial charge in [-0.25, -0.2) is 9.99 Å². The van der Waals surface area contributed by atoms with Gasteiger partial charge in [-0.2, -0.15) is 5.10 Å². The molecule has 3 aromatic carbocycles. The normalized spacial score (nSPS) is 15.4. The molecule has 170 valence electrons. The summed E-state index contributed by atoms with van der Waals surface area (Å²) in [6.07, 6.45) is 0.638. The fourth-order valence-corrected chi connectivity index (χ4v) is 5.22. The number of benzene rings is 3. The minimum atomic E-state index is -0.357. The number of thiazole rings is 1.